The van der Waals surface area contributed by atoms with E-state index in [1.807, 2.05) is 0 Å². The highest BCUT2D eigenvalue weighted by atomic mass is 79.9. The molecule has 4 nitrogen and oxygen atoms in total. The van der Waals surface area contributed by atoms with Gasteiger partial charge in [0.05, 0.1) is 28.1 Å². The fourth-order valence-corrected chi connectivity index (χ4v) is 2.40. The van der Waals surface area contributed by atoms with E-state index in [1.54, 1.807) is 12.4 Å². The average Bonchev–Trinajstić information content (AvgIpc) is 2.24. The van der Waals surface area contributed by atoms with E-state index in [4.69, 9.17) is 10.5 Å². The van der Waals surface area contributed by atoms with Gasteiger partial charge < -0.3 is 15.8 Å². The Bertz CT molecular complexity index is 352. The largest absolute Gasteiger partial charge is 0.396 e. The molecule has 0 bridgehead atoms. The van der Waals surface area contributed by atoms with Gasteiger partial charge in [0.15, 0.2) is 0 Å². The first-order chi connectivity index (χ1) is 7.66. The molecule has 0 radical (unpaired) electrons. The first-order valence-electron chi connectivity index (χ1n) is 5.44. The Hall–Kier alpha value is -0.810. The minimum Gasteiger partial charge on any atom is -0.396 e. The summed E-state index contributed by atoms with van der Waals surface area (Å²) in [5.41, 5.74) is 7.50. The molecule has 5 heteroatoms. The number of ether oxygens (including phenoxy) is 1. The molecule has 88 valence electrons. The lowest BCUT2D eigenvalue weighted by Crippen LogP contribution is -2.32. The number of nitrogens with one attached hydrogen (secondary N) is 1. The van der Waals surface area contributed by atoms with Gasteiger partial charge in [0.1, 0.15) is 0 Å². The van der Waals surface area contributed by atoms with Crippen LogP contribution in [-0.2, 0) is 4.74 Å². The van der Waals surface area contributed by atoms with Crippen LogP contribution in [0.2, 0.25) is 0 Å². The molecule has 1 aliphatic heterocycles. The highest BCUT2D eigenvalue weighted by Crippen LogP contribution is 2.29. The van der Waals surface area contributed by atoms with Crippen molar-refractivity contribution in [3.63, 3.8) is 0 Å². The molecule has 2 atom stereocenters. The number of hydrogen-bond acceptors (Lipinski definition) is 4. The van der Waals surface area contributed by atoms with Crippen molar-refractivity contribution >= 4 is 27.3 Å². The van der Waals surface area contributed by atoms with Crippen molar-refractivity contribution in [1.29, 1.82) is 0 Å². The lowest BCUT2D eigenvalue weighted by molar-refractivity contribution is 0.0232. The summed E-state index contributed by atoms with van der Waals surface area (Å²) in [5, 5.41) is 3.46. The average molecular weight is 286 g/mol. The van der Waals surface area contributed by atoms with Gasteiger partial charge in [-0.1, -0.05) is 0 Å². The van der Waals surface area contributed by atoms with Crippen LogP contribution in [0.15, 0.2) is 16.9 Å². The van der Waals surface area contributed by atoms with Crippen LogP contribution in [0.3, 0.4) is 0 Å². The molecule has 1 fully saturated rings. The lowest BCUT2D eigenvalue weighted by Gasteiger charge is -2.29. The van der Waals surface area contributed by atoms with Crippen LogP contribution in [0.5, 0.6) is 0 Å². The van der Waals surface area contributed by atoms with Gasteiger partial charge in [-0.15, -0.1) is 0 Å². The van der Waals surface area contributed by atoms with Crippen LogP contribution in [-0.4, -0.2) is 23.7 Å². The Labute approximate surface area is 104 Å². The van der Waals surface area contributed by atoms with E-state index in [1.165, 1.54) is 0 Å². The van der Waals surface area contributed by atoms with E-state index in [2.05, 4.69) is 33.2 Å². The van der Waals surface area contributed by atoms with E-state index >= 15 is 0 Å². The van der Waals surface area contributed by atoms with E-state index in [-0.39, 0.29) is 0 Å². The second kappa shape index (κ2) is 5.01. The molecule has 0 spiro atoms. The Balaban J connectivity index is 2.08. The minimum absolute atomic E-state index is 0.313. The highest BCUT2D eigenvalue weighted by Gasteiger charge is 2.20. The van der Waals surface area contributed by atoms with Crippen LogP contribution < -0.4 is 11.1 Å². The summed E-state index contributed by atoms with van der Waals surface area (Å²) in [6.45, 7) is 2.90. The summed E-state index contributed by atoms with van der Waals surface area (Å²) < 4.78 is 6.42. The predicted molar refractivity (Wildman–Crippen MR) is 68.4 cm³/mol. The third-order valence-corrected chi connectivity index (χ3v) is 3.36. The smallest absolute Gasteiger partial charge is 0.0752 e. The molecule has 3 N–H and O–H groups in total. The Morgan fingerprint density at radius 3 is 3.06 bits per heavy atom. The van der Waals surface area contributed by atoms with Gasteiger partial charge in [-0.05, 0) is 35.7 Å². The normalized spacial score (nSPS) is 25.4. The molecule has 1 aliphatic rings. The Kier molecular flexibility index (Phi) is 3.66. The number of aromatic nitrogens is 1. The maximum atomic E-state index is 5.89. The zero-order chi connectivity index (χ0) is 11.5. The molecule has 0 aromatic carbocycles. The molecule has 1 aromatic heterocycles. The van der Waals surface area contributed by atoms with Gasteiger partial charge in [0.2, 0.25) is 0 Å². The highest BCUT2D eigenvalue weighted by molar-refractivity contribution is 9.10. The van der Waals surface area contributed by atoms with Crippen molar-refractivity contribution in [3.05, 3.63) is 16.9 Å². The molecular formula is C11H16BrN3O. The fourth-order valence-electron chi connectivity index (χ4n) is 1.94. The van der Waals surface area contributed by atoms with Gasteiger partial charge in [0.25, 0.3) is 0 Å². The summed E-state index contributed by atoms with van der Waals surface area (Å²) in [6, 6.07) is 0.421. The summed E-state index contributed by atoms with van der Waals surface area (Å²) in [6.07, 6.45) is 5.75. The number of nitrogens with zero attached hydrogens (tertiary/aromatic N) is 1. The summed E-state index contributed by atoms with van der Waals surface area (Å²) >= 11 is 3.45. The van der Waals surface area contributed by atoms with Crippen molar-refractivity contribution < 1.29 is 4.74 Å². The van der Waals surface area contributed by atoms with E-state index in [9.17, 15) is 0 Å². The molecule has 1 aromatic rings. The SMILES string of the molecule is CC1CC(Nc2c(N)cncc2Br)CCO1. The zero-order valence-corrected chi connectivity index (χ0v) is 10.8. The number of pyridine rings is 1. The predicted octanol–water partition coefficient (Wildman–Crippen LogP) is 2.41. The van der Waals surface area contributed by atoms with Gasteiger partial charge >= 0.3 is 0 Å². The molecule has 1 saturated heterocycles. The van der Waals surface area contributed by atoms with Crippen molar-refractivity contribution in [2.75, 3.05) is 17.7 Å². The minimum atomic E-state index is 0.313. The van der Waals surface area contributed by atoms with Gasteiger partial charge in [-0.25, -0.2) is 0 Å². The number of anilines is 2. The molecule has 0 aliphatic carbocycles. The van der Waals surface area contributed by atoms with Crippen LogP contribution in [0.25, 0.3) is 0 Å². The van der Waals surface area contributed by atoms with Gasteiger partial charge in [-0.2, -0.15) is 0 Å². The monoisotopic (exact) mass is 285 g/mol. The molecule has 2 unspecified atom stereocenters. The Morgan fingerprint density at radius 1 is 1.56 bits per heavy atom. The molecule has 2 rings (SSSR count). The van der Waals surface area contributed by atoms with E-state index in [0.29, 0.717) is 17.8 Å². The number of rotatable bonds is 2. The molecule has 2 heterocycles. The van der Waals surface area contributed by atoms with Crippen molar-refractivity contribution in [1.82, 2.24) is 4.98 Å². The van der Waals surface area contributed by atoms with Gasteiger partial charge in [0, 0.05) is 18.8 Å². The summed E-state index contributed by atoms with van der Waals surface area (Å²) in [4.78, 5) is 4.02. The van der Waals surface area contributed by atoms with E-state index < -0.39 is 0 Å². The maximum Gasteiger partial charge on any atom is 0.0752 e. The van der Waals surface area contributed by atoms with Crippen LogP contribution in [0, 0.1) is 0 Å². The maximum absolute atomic E-state index is 5.89. The van der Waals surface area contributed by atoms with Gasteiger partial charge in [-0.3, -0.25) is 4.98 Å². The lowest BCUT2D eigenvalue weighted by atomic mass is 10.0. The van der Waals surface area contributed by atoms with Crippen molar-refractivity contribution in [3.8, 4) is 0 Å². The number of nitrogen functional groups attached to an aromatic ring is 1. The van der Waals surface area contributed by atoms with Crippen LogP contribution in [0.1, 0.15) is 19.8 Å². The third kappa shape index (κ3) is 2.65. The topological polar surface area (TPSA) is 60.2 Å². The number of halogens is 1. The molecular weight excluding hydrogens is 270 g/mol. The van der Waals surface area contributed by atoms with Crippen molar-refractivity contribution in [2.24, 2.45) is 0 Å². The number of nitrogens with two attached hydrogens (primary N) is 1. The Morgan fingerprint density at radius 2 is 2.38 bits per heavy atom. The third-order valence-electron chi connectivity index (χ3n) is 2.76. The zero-order valence-electron chi connectivity index (χ0n) is 9.24. The fraction of sp³-hybridized carbons (Fsp3) is 0.545. The molecule has 0 amide bonds. The second-order valence-corrected chi connectivity index (χ2v) is 4.99. The van der Waals surface area contributed by atoms with E-state index in [0.717, 1.165) is 29.6 Å². The quantitative estimate of drug-likeness (QED) is 0.876. The van der Waals surface area contributed by atoms with Crippen LogP contribution >= 0.6 is 15.9 Å². The standard InChI is InChI=1S/C11H16BrN3O/c1-7-4-8(2-3-16-7)15-11-9(12)5-14-6-10(11)13/h5-8H,2-4,13H2,1H3,(H,14,15). The first-order valence-corrected chi connectivity index (χ1v) is 6.23. The molecule has 0 saturated carbocycles. The first kappa shape index (κ1) is 11.7. The summed E-state index contributed by atoms with van der Waals surface area (Å²) in [5.74, 6) is 0. The van der Waals surface area contributed by atoms with Crippen molar-refractivity contribution in [2.45, 2.75) is 31.9 Å². The summed E-state index contributed by atoms with van der Waals surface area (Å²) in [7, 11) is 0. The molecule has 16 heavy (non-hydrogen) atoms. The van der Waals surface area contributed by atoms with Crippen LogP contribution in [0.4, 0.5) is 11.4 Å². The number of hydrogen-bond donors (Lipinski definition) is 2. The second-order valence-electron chi connectivity index (χ2n) is 4.13.